The van der Waals surface area contributed by atoms with Crippen molar-refractivity contribution in [1.29, 1.82) is 0 Å². The van der Waals surface area contributed by atoms with Crippen LogP contribution in [0.3, 0.4) is 0 Å². The second kappa shape index (κ2) is 13.3. The predicted octanol–water partition coefficient (Wildman–Crippen LogP) is 5.60. The number of amides is 1. The molecule has 1 fully saturated rings. The van der Waals surface area contributed by atoms with Crippen LogP contribution < -0.4 is 5.32 Å². The Kier molecular flexibility index (Phi) is 10.1. The maximum Gasteiger partial charge on any atom is 0.338 e. The number of thioether (sulfide) groups is 1. The summed E-state index contributed by atoms with van der Waals surface area (Å²) in [5.74, 6) is -1.29. The summed E-state index contributed by atoms with van der Waals surface area (Å²) in [4.78, 5) is 27.6. The number of nitrogens with zero attached hydrogens (tertiary/aromatic N) is 1. The van der Waals surface area contributed by atoms with Gasteiger partial charge >= 0.3 is 5.97 Å². The van der Waals surface area contributed by atoms with Gasteiger partial charge in [0.05, 0.1) is 24.4 Å². The van der Waals surface area contributed by atoms with Crippen molar-refractivity contribution < 1.29 is 29.3 Å². The van der Waals surface area contributed by atoms with Crippen molar-refractivity contribution in [3.05, 3.63) is 94.7 Å². The standard InChI is InChI=1S/C27H25Cl3N2O6S/c28-27(29,30)26(36)32-13-16-3-9-19(10-4-16)25-37-20(15-39-23-21(24(34)35)2-1-11-31-23)12-22(38-25)18-7-5-17(14-33)6-8-18/h1-11,20,22,25,33H,12-15H2,(H,32,36)(H,34,35). The van der Waals surface area contributed by atoms with Crippen molar-refractivity contribution in [3.8, 4) is 0 Å². The number of pyridine rings is 1. The van der Waals surface area contributed by atoms with Crippen LogP contribution >= 0.6 is 46.6 Å². The summed E-state index contributed by atoms with van der Waals surface area (Å²) in [7, 11) is 0. The van der Waals surface area contributed by atoms with E-state index in [4.69, 9.17) is 44.3 Å². The van der Waals surface area contributed by atoms with Gasteiger partial charge in [0.2, 0.25) is 0 Å². The lowest BCUT2D eigenvalue weighted by molar-refractivity contribution is -0.245. The van der Waals surface area contributed by atoms with Crippen LogP contribution in [0.15, 0.2) is 71.9 Å². The van der Waals surface area contributed by atoms with Crippen LogP contribution in [0.1, 0.15) is 51.4 Å². The summed E-state index contributed by atoms with van der Waals surface area (Å²) in [6.45, 7) is 0.121. The first-order valence-corrected chi connectivity index (χ1v) is 14.0. The van der Waals surface area contributed by atoms with Crippen LogP contribution in [0.25, 0.3) is 0 Å². The molecule has 0 bridgehead atoms. The molecule has 1 amide bonds. The van der Waals surface area contributed by atoms with Crippen molar-refractivity contribution in [2.75, 3.05) is 5.75 Å². The highest BCUT2D eigenvalue weighted by atomic mass is 35.6. The van der Waals surface area contributed by atoms with Crippen LogP contribution in [-0.2, 0) is 27.4 Å². The number of hydrogen-bond acceptors (Lipinski definition) is 7. The van der Waals surface area contributed by atoms with Crippen molar-refractivity contribution in [2.24, 2.45) is 0 Å². The Hall–Kier alpha value is -2.37. The number of ether oxygens (including phenoxy) is 2. The summed E-state index contributed by atoms with van der Waals surface area (Å²) in [6, 6.07) is 17.9. The van der Waals surface area contributed by atoms with Gasteiger partial charge < -0.3 is 25.0 Å². The topological polar surface area (TPSA) is 118 Å². The Morgan fingerprint density at radius 3 is 2.31 bits per heavy atom. The van der Waals surface area contributed by atoms with Crippen LogP contribution in [0.4, 0.5) is 0 Å². The number of carbonyl (C=O) groups excluding carboxylic acids is 1. The van der Waals surface area contributed by atoms with Gasteiger partial charge in [-0.05, 0) is 28.8 Å². The molecule has 3 unspecified atom stereocenters. The van der Waals surface area contributed by atoms with E-state index in [9.17, 15) is 19.8 Å². The van der Waals surface area contributed by atoms with Gasteiger partial charge in [0, 0.05) is 30.5 Å². The number of carbonyl (C=O) groups is 2. The van der Waals surface area contributed by atoms with Gasteiger partial charge in [-0.3, -0.25) is 4.79 Å². The van der Waals surface area contributed by atoms with Crippen molar-refractivity contribution in [1.82, 2.24) is 10.3 Å². The maximum absolute atomic E-state index is 11.8. The molecule has 3 N–H and O–H groups in total. The highest BCUT2D eigenvalue weighted by Gasteiger charge is 2.33. The molecule has 1 saturated heterocycles. The third-order valence-corrected chi connectivity index (χ3v) is 7.64. The number of carboxylic acid groups (broad SMARTS) is 1. The molecule has 2 heterocycles. The minimum Gasteiger partial charge on any atom is -0.478 e. The highest BCUT2D eigenvalue weighted by Crippen LogP contribution is 2.39. The Balaban J connectivity index is 1.50. The fourth-order valence-corrected chi connectivity index (χ4v) is 5.14. The second-order valence-electron chi connectivity index (χ2n) is 8.74. The summed E-state index contributed by atoms with van der Waals surface area (Å²) in [5.41, 5.74) is 3.42. The average molecular weight is 612 g/mol. The molecule has 0 saturated carbocycles. The number of aliphatic hydroxyl groups excluding tert-OH is 1. The number of hydrogen-bond donors (Lipinski definition) is 3. The number of alkyl halides is 3. The number of nitrogens with one attached hydrogen (secondary N) is 1. The zero-order chi connectivity index (χ0) is 28.0. The van der Waals surface area contributed by atoms with Gasteiger partial charge in [-0.2, -0.15) is 0 Å². The molecule has 2 aromatic carbocycles. The van der Waals surface area contributed by atoms with Gasteiger partial charge in [0.25, 0.3) is 9.70 Å². The number of carboxylic acids is 1. The van der Waals surface area contributed by atoms with E-state index in [0.717, 1.165) is 22.3 Å². The molecule has 1 aliphatic rings. The number of halogens is 3. The predicted molar refractivity (Wildman–Crippen MR) is 149 cm³/mol. The summed E-state index contributed by atoms with van der Waals surface area (Å²) in [6.07, 6.45) is 0.833. The van der Waals surface area contributed by atoms with E-state index < -0.39 is 22.0 Å². The molecule has 3 atom stereocenters. The molecule has 0 aliphatic carbocycles. The summed E-state index contributed by atoms with van der Waals surface area (Å²) < 4.78 is 10.6. The van der Waals surface area contributed by atoms with Crippen LogP contribution in [0.2, 0.25) is 0 Å². The molecule has 12 heteroatoms. The highest BCUT2D eigenvalue weighted by molar-refractivity contribution is 7.99. The Morgan fingerprint density at radius 1 is 1.00 bits per heavy atom. The zero-order valence-corrected chi connectivity index (χ0v) is 23.5. The minimum absolute atomic E-state index is 0.0543. The zero-order valence-electron chi connectivity index (χ0n) is 20.4. The molecule has 206 valence electrons. The molecule has 1 aliphatic heterocycles. The molecule has 0 spiro atoms. The molecule has 8 nitrogen and oxygen atoms in total. The van der Waals surface area contributed by atoms with E-state index in [1.165, 1.54) is 17.8 Å². The van der Waals surface area contributed by atoms with Crippen LogP contribution in [0, 0.1) is 0 Å². The molecule has 1 aromatic heterocycles. The molecular formula is C27H25Cl3N2O6S. The molecule has 39 heavy (non-hydrogen) atoms. The summed E-state index contributed by atoms with van der Waals surface area (Å²) >= 11 is 18.1. The van der Waals surface area contributed by atoms with E-state index in [1.807, 2.05) is 48.5 Å². The molecule has 0 radical (unpaired) electrons. The Labute approximate surface area is 244 Å². The van der Waals surface area contributed by atoms with Crippen molar-refractivity contribution in [2.45, 2.75) is 46.9 Å². The lowest BCUT2D eigenvalue weighted by atomic mass is 10.0. The normalized spacial score (nSPS) is 19.4. The van der Waals surface area contributed by atoms with Crippen molar-refractivity contribution in [3.63, 3.8) is 0 Å². The average Bonchev–Trinajstić information content (AvgIpc) is 2.94. The SMILES string of the molecule is O=C(O)c1cccnc1SCC1CC(c2ccc(CO)cc2)OC(c2ccc(CNC(=O)C(Cl)(Cl)Cl)cc2)O1. The first-order valence-electron chi connectivity index (χ1n) is 11.9. The lowest BCUT2D eigenvalue weighted by Gasteiger charge is -2.36. The lowest BCUT2D eigenvalue weighted by Crippen LogP contribution is -2.34. The molecule has 3 aromatic rings. The first kappa shape index (κ1) is 29.6. The van der Waals surface area contributed by atoms with E-state index >= 15 is 0 Å². The quantitative estimate of drug-likeness (QED) is 0.212. The molecular weight excluding hydrogens is 587 g/mol. The van der Waals surface area contributed by atoms with Crippen LogP contribution in [0.5, 0.6) is 0 Å². The van der Waals surface area contributed by atoms with Gasteiger partial charge in [0.15, 0.2) is 6.29 Å². The van der Waals surface area contributed by atoms with Gasteiger partial charge in [0.1, 0.15) is 5.03 Å². The number of aromatic nitrogens is 1. The fraction of sp³-hybridized carbons (Fsp3) is 0.296. The number of benzene rings is 2. The van der Waals surface area contributed by atoms with E-state index in [1.54, 1.807) is 12.3 Å². The number of aliphatic hydroxyl groups is 1. The van der Waals surface area contributed by atoms with Gasteiger partial charge in [-0.1, -0.05) is 83.3 Å². The Bertz CT molecular complexity index is 1290. The van der Waals surface area contributed by atoms with E-state index in [2.05, 4.69) is 10.3 Å². The third kappa shape index (κ3) is 8.08. The van der Waals surface area contributed by atoms with Crippen molar-refractivity contribution >= 4 is 58.4 Å². The third-order valence-electron chi connectivity index (χ3n) is 5.98. The van der Waals surface area contributed by atoms with Gasteiger partial charge in [-0.25, -0.2) is 9.78 Å². The van der Waals surface area contributed by atoms with Crippen LogP contribution in [-0.4, -0.2) is 42.7 Å². The first-order chi connectivity index (χ1) is 18.6. The fourth-order valence-electron chi connectivity index (χ4n) is 3.94. The molecule has 4 rings (SSSR count). The second-order valence-corrected chi connectivity index (χ2v) is 12.0. The number of rotatable bonds is 9. The van der Waals surface area contributed by atoms with E-state index in [-0.39, 0.29) is 30.9 Å². The minimum atomic E-state index is -2.04. The largest absolute Gasteiger partial charge is 0.478 e. The summed E-state index contributed by atoms with van der Waals surface area (Å²) in [5, 5.41) is 21.9. The van der Waals surface area contributed by atoms with E-state index in [0.29, 0.717) is 17.2 Å². The Morgan fingerprint density at radius 2 is 1.67 bits per heavy atom. The smallest absolute Gasteiger partial charge is 0.338 e. The number of aromatic carboxylic acids is 1. The monoisotopic (exact) mass is 610 g/mol. The maximum atomic E-state index is 11.8. The van der Waals surface area contributed by atoms with Gasteiger partial charge in [-0.15, -0.1) is 11.8 Å².